The lowest BCUT2D eigenvalue weighted by atomic mass is 9.80. The summed E-state index contributed by atoms with van der Waals surface area (Å²) in [5.74, 6) is 1.89. The van der Waals surface area contributed by atoms with E-state index in [9.17, 15) is 26.4 Å². The minimum Gasteiger partial charge on any atom is -0.495 e. The number of aryl methyl sites for hydroxylation is 1. The van der Waals surface area contributed by atoms with Crippen molar-refractivity contribution in [1.29, 1.82) is 0 Å². The predicted octanol–water partition coefficient (Wildman–Crippen LogP) is 8.20. The van der Waals surface area contributed by atoms with Crippen molar-refractivity contribution >= 4 is 102 Å². The van der Waals surface area contributed by atoms with Gasteiger partial charge in [0.15, 0.2) is 11.6 Å². The second-order valence-corrected chi connectivity index (χ2v) is 20.7. The first-order valence-corrected chi connectivity index (χ1v) is 26.6. The van der Waals surface area contributed by atoms with Gasteiger partial charge in [0.25, 0.3) is 31.2 Å². The van der Waals surface area contributed by atoms with Crippen LogP contribution in [-0.4, -0.2) is 74.3 Å². The molecule has 2 atom stereocenters. The molecular formula is C53H52BBrN6O13P2S2. The minimum atomic E-state index is -3.91. The Labute approximate surface area is 463 Å². The lowest BCUT2D eigenvalue weighted by molar-refractivity contribution is 0.340. The number of benzene rings is 6. The summed E-state index contributed by atoms with van der Waals surface area (Å²) in [6, 6.07) is 43.4. The van der Waals surface area contributed by atoms with Crippen LogP contribution in [0.1, 0.15) is 12.5 Å². The van der Waals surface area contributed by atoms with Gasteiger partial charge in [0.05, 0.1) is 53.0 Å². The fourth-order valence-electron chi connectivity index (χ4n) is 7.84. The Hall–Kier alpha value is -7.62. The lowest BCUT2D eigenvalue weighted by Crippen LogP contribution is -2.29. The number of halogens is 1. The summed E-state index contributed by atoms with van der Waals surface area (Å²) < 4.78 is 85.3. The van der Waals surface area contributed by atoms with Gasteiger partial charge in [-0.3, -0.25) is 28.2 Å². The number of sulfonamides is 2. The second kappa shape index (κ2) is 26.2. The van der Waals surface area contributed by atoms with Crippen molar-refractivity contribution in [3.05, 3.63) is 201 Å². The van der Waals surface area contributed by atoms with Gasteiger partial charge in [-0.05, 0) is 121 Å². The van der Waals surface area contributed by atoms with Gasteiger partial charge in [0, 0.05) is 39.5 Å². The third-order valence-electron chi connectivity index (χ3n) is 11.3. The maximum absolute atomic E-state index is 13.0. The number of nitrogens with one attached hydrogen (secondary N) is 2. The van der Waals surface area contributed by atoms with Gasteiger partial charge in [-0.1, -0.05) is 74.3 Å². The molecule has 10 rings (SSSR count). The van der Waals surface area contributed by atoms with Gasteiger partial charge in [0.2, 0.25) is 0 Å². The van der Waals surface area contributed by atoms with Crippen LogP contribution in [0.15, 0.2) is 203 Å². The van der Waals surface area contributed by atoms with Crippen LogP contribution in [0.4, 0.5) is 11.6 Å². The van der Waals surface area contributed by atoms with E-state index in [1.54, 1.807) is 66.7 Å². The summed E-state index contributed by atoms with van der Waals surface area (Å²) in [7, 11) is -6.08. The highest BCUT2D eigenvalue weighted by atomic mass is 79.9. The monoisotopic (exact) mass is 1200 g/mol. The zero-order valence-electron chi connectivity index (χ0n) is 42.2. The standard InChI is InChI=1S/C27H23N3O6S.C19H14BrN3O5S.C7H9BO2.2H3P/c1-3-35-21-6-4-5-18(15-21)19-7-10-24(25(17-19)34-2)30-23-11-9-22(16-20(23)8-12-27(30)31)37(32,33)29-26-13-14-36-28-26;1-27-17-11-13(20)3-5-16(17)23-15-6-4-14(10-12(15)2-7-19(23)24)29(25,26)22-18-8-9-28-21-18;1-6-3-2-4-7(5-6)8(9)10;;/h4-17H,3H2,1-2H3,(H,28,29);2-11H,1H3,(H,21,22);2-5,9-10H,1H3;2*1H3. The van der Waals surface area contributed by atoms with Crippen molar-refractivity contribution in [2.75, 3.05) is 30.3 Å². The van der Waals surface area contributed by atoms with Crippen molar-refractivity contribution in [2.24, 2.45) is 0 Å². The molecule has 78 heavy (non-hydrogen) atoms. The quantitative estimate of drug-likeness (QED) is 0.0591. The molecule has 2 unspecified atom stereocenters. The molecule has 4 heterocycles. The molecule has 0 bridgehead atoms. The van der Waals surface area contributed by atoms with E-state index in [1.807, 2.05) is 56.3 Å². The van der Waals surface area contributed by atoms with E-state index in [1.165, 1.54) is 84.4 Å². The van der Waals surface area contributed by atoms with Crippen LogP contribution >= 0.6 is 35.7 Å². The maximum atomic E-state index is 13.0. The summed E-state index contributed by atoms with van der Waals surface area (Å²) in [5.41, 5.74) is 4.99. The molecule has 19 nitrogen and oxygen atoms in total. The average Bonchev–Trinajstić information content (AvgIpc) is 4.25. The molecule has 0 aliphatic heterocycles. The fraction of sp³-hybridized carbons (Fsp3) is 0.0943. The number of hydrogen-bond donors (Lipinski definition) is 4. The minimum absolute atomic E-state index is 0. The smallest absolute Gasteiger partial charge is 0.488 e. The predicted molar refractivity (Wildman–Crippen MR) is 314 cm³/mol. The number of hydrogen-bond acceptors (Lipinski definition) is 15. The zero-order chi connectivity index (χ0) is 54.1. The molecule has 6 aromatic carbocycles. The number of fused-ring (bicyclic) bond motifs is 2. The molecular weight excluding hydrogens is 1150 g/mol. The highest BCUT2D eigenvalue weighted by Crippen LogP contribution is 2.34. The third-order valence-corrected chi connectivity index (χ3v) is 14.5. The van der Waals surface area contributed by atoms with Gasteiger partial charge >= 0.3 is 7.12 Å². The van der Waals surface area contributed by atoms with E-state index < -0.39 is 27.2 Å². The molecule has 0 aliphatic rings. The Kier molecular flexibility index (Phi) is 20.0. The highest BCUT2D eigenvalue weighted by molar-refractivity contribution is 9.10. The number of nitrogens with zero attached hydrogens (tertiary/aromatic N) is 4. The summed E-state index contributed by atoms with van der Waals surface area (Å²) in [6.07, 6.45) is 2.54. The molecule has 4 aromatic heterocycles. The molecule has 4 N–H and O–H groups in total. The van der Waals surface area contributed by atoms with E-state index in [0.717, 1.165) is 26.9 Å². The molecule has 0 amide bonds. The highest BCUT2D eigenvalue weighted by Gasteiger charge is 2.21. The van der Waals surface area contributed by atoms with Crippen molar-refractivity contribution in [3.8, 4) is 39.8 Å². The van der Waals surface area contributed by atoms with Crippen LogP contribution in [0, 0.1) is 6.92 Å². The van der Waals surface area contributed by atoms with Crippen molar-refractivity contribution in [3.63, 3.8) is 0 Å². The zero-order valence-corrected chi connectivity index (χ0v) is 48.3. The SMILES string of the molecule is CCOc1cccc(-c2ccc(-n3c(=O)ccc4cc(S(=O)(=O)Nc5ccon5)ccc43)c(OC)c2)c1.COc1cc(Br)ccc1-n1c(=O)ccc2cc(S(=O)(=O)Nc3ccon3)ccc21.Cc1cccc(B(O)O)c1.P.P. The Bertz CT molecular complexity index is 4060. The van der Waals surface area contributed by atoms with Gasteiger partial charge in [-0.15, -0.1) is 0 Å². The molecule has 0 radical (unpaired) electrons. The van der Waals surface area contributed by atoms with E-state index in [-0.39, 0.29) is 52.3 Å². The number of rotatable bonds is 14. The summed E-state index contributed by atoms with van der Waals surface area (Å²) in [6.45, 7) is 4.40. The van der Waals surface area contributed by atoms with Crippen LogP contribution in [0.5, 0.6) is 17.2 Å². The van der Waals surface area contributed by atoms with Crippen LogP contribution in [0.3, 0.4) is 0 Å². The van der Waals surface area contributed by atoms with Crippen LogP contribution in [0.25, 0.3) is 44.3 Å². The topological polar surface area (TPSA) is 257 Å². The molecule has 0 spiro atoms. The van der Waals surface area contributed by atoms with Crippen LogP contribution < -0.4 is 40.2 Å². The van der Waals surface area contributed by atoms with Gasteiger partial charge in [-0.2, -0.15) is 19.8 Å². The van der Waals surface area contributed by atoms with Crippen molar-refractivity contribution < 1.29 is 50.1 Å². The Morgan fingerprint density at radius 1 is 0.603 bits per heavy atom. The largest absolute Gasteiger partial charge is 0.495 e. The normalized spacial score (nSPS) is 10.9. The number of aromatic nitrogens is 4. The molecule has 0 fully saturated rings. The van der Waals surface area contributed by atoms with E-state index in [2.05, 4.69) is 44.7 Å². The number of pyridine rings is 2. The number of ether oxygens (including phenoxy) is 3. The Morgan fingerprint density at radius 2 is 1.12 bits per heavy atom. The first-order valence-electron chi connectivity index (χ1n) is 22.8. The average molecular weight is 1200 g/mol. The number of methoxy groups -OCH3 is 2. The molecule has 0 aliphatic carbocycles. The van der Waals surface area contributed by atoms with Crippen LogP contribution in [-0.2, 0) is 20.0 Å². The molecule has 0 saturated carbocycles. The fourth-order valence-corrected chi connectivity index (χ4v) is 10.2. The summed E-state index contributed by atoms with van der Waals surface area (Å²) in [5, 5.41) is 25.7. The Balaban J connectivity index is 0.000000213. The number of anilines is 2. The van der Waals surface area contributed by atoms with Crippen molar-refractivity contribution in [2.45, 2.75) is 23.6 Å². The molecule has 0 saturated heterocycles. The van der Waals surface area contributed by atoms with E-state index in [4.69, 9.17) is 24.3 Å². The second-order valence-electron chi connectivity index (χ2n) is 16.4. The van der Waals surface area contributed by atoms with Crippen molar-refractivity contribution in [1.82, 2.24) is 19.4 Å². The first kappa shape index (κ1) is 59.6. The summed E-state index contributed by atoms with van der Waals surface area (Å²) in [4.78, 5) is 25.7. The summed E-state index contributed by atoms with van der Waals surface area (Å²) >= 11 is 3.38. The Morgan fingerprint density at radius 3 is 1.59 bits per heavy atom. The van der Waals surface area contributed by atoms with Crippen LogP contribution in [0.2, 0.25) is 0 Å². The van der Waals surface area contributed by atoms with Gasteiger partial charge < -0.3 is 33.3 Å². The van der Waals surface area contributed by atoms with E-state index >= 15 is 0 Å². The molecule has 10 aromatic rings. The molecule has 25 heteroatoms. The maximum Gasteiger partial charge on any atom is 0.488 e. The van der Waals surface area contributed by atoms with Gasteiger partial charge in [-0.25, -0.2) is 16.8 Å². The lowest BCUT2D eigenvalue weighted by Gasteiger charge is -2.16. The third kappa shape index (κ3) is 13.9. The first-order chi connectivity index (χ1) is 36.5. The molecule has 404 valence electrons. The van der Waals surface area contributed by atoms with E-state index in [0.29, 0.717) is 56.7 Å². The van der Waals surface area contributed by atoms with Gasteiger partial charge in [0.1, 0.15) is 29.8 Å².